The minimum absolute atomic E-state index is 0.101. The minimum atomic E-state index is -1.63. The molecule has 0 saturated carbocycles. The molecule has 0 spiro atoms. The van der Waals surface area contributed by atoms with Gasteiger partial charge in [-0.2, -0.15) is 0 Å². The molecule has 68 heavy (non-hydrogen) atoms. The van der Waals surface area contributed by atoms with Crippen molar-refractivity contribution in [1.82, 2.24) is 5.32 Å². The van der Waals surface area contributed by atoms with Crippen LogP contribution in [0.2, 0.25) is 0 Å². The molecular formula is C57H97NO10. The van der Waals surface area contributed by atoms with Crippen molar-refractivity contribution in [1.29, 1.82) is 0 Å². The van der Waals surface area contributed by atoms with E-state index in [1.807, 2.05) is 48.6 Å². The Morgan fingerprint density at radius 3 is 1.63 bits per heavy atom. The van der Waals surface area contributed by atoms with Gasteiger partial charge in [0, 0.05) is 6.42 Å². The smallest absolute Gasteiger partial charge is 0.306 e. The summed E-state index contributed by atoms with van der Waals surface area (Å²) in [6.45, 7) is 5.54. The highest BCUT2D eigenvalue weighted by molar-refractivity contribution is 5.80. The number of allylic oxidation sites excluding steroid dienone is 13. The SMILES string of the molecule is CC/C=C/C=C/C=C\C=C/CCCCC(O)C(=O)NC(COC1OC(CO)C(O)C(O)C1OC(=O)CCCCCCCC/C=C/C=C/CCCCC)C(O)/C=C/CCCCCCCCCCCC. The van der Waals surface area contributed by atoms with Crippen molar-refractivity contribution in [2.75, 3.05) is 13.2 Å². The third-order valence-electron chi connectivity index (χ3n) is 12.2. The summed E-state index contributed by atoms with van der Waals surface area (Å²) >= 11 is 0. The number of nitrogens with one attached hydrogen (secondary N) is 1. The predicted molar refractivity (Wildman–Crippen MR) is 278 cm³/mol. The number of aliphatic hydroxyl groups is 5. The lowest BCUT2D eigenvalue weighted by Gasteiger charge is -2.41. The molecule has 0 aliphatic carbocycles. The van der Waals surface area contributed by atoms with Gasteiger partial charge in [0.25, 0.3) is 0 Å². The molecule has 0 bridgehead atoms. The molecule has 11 nitrogen and oxygen atoms in total. The largest absolute Gasteiger partial charge is 0.454 e. The van der Waals surface area contributed by atoms with Gasteiger partial charge in [0.2, 0.25) is 5.91 Å². The maximum Gasteiger partial charge on any atom is 0.306 e. The van der Waals surface area contributed by atoms with Gasteiger partial charge in [-0.05, 0) is 70.6 Å². The molecule has 390 valence electrons. The van der Waals surface area contributed by atoms with E-state index in [1.165, 1.54) is 64.2 Å². The number of hydrogen-bond donors (Lipinski definition) is 6. The first-order valence-corrected chi connectivity index (χ1v) is 26.9. The van der Waals surface area contributed by atoms with Crippen LogP contribution in [0.4, 0.5) is 0 Å². The van der Waals surface area contributed by atoms with Crippen LogP contribution < -0.4 is 5.32 Å². The first-order valence-electron chi connectivity index (χ1n) is 26.9. The molecule has 0 aromatic rings. The number of carbonyl (C=O) groups excluding carboxylic acids is 2. The second kappa shape index (κ2) is 45.0. The molecule has 1 saturated heterocycles. The van der Waals surface area contributed by atoms with Crippen molar-refractivity contribution in [3.63, 3.8) is 0 Å². The average molecular weight is 956 g/mol. The van der Waals surface area contributed by atoms with Gasteiger partial charge in [0.1, 0.15) is 24.4 Å². The van der Waals surface area contributed by atoms with Gasteiger partial charge in [0.05, 0.1) is 25.4 Å². The molecule has 6 N–H and O–H groups in total. The molecule has 0 aromatic carbocycles. The Balaban J connectivity index is 2.80. The van der Waals surface area contributed by atoms with Crippen LogP contribution in [0.25, 0.3) is 0 Å². The van der Waals surface area contributed by atoms with Gasteiger partial charge >= 0.3 is 5.97 Å². The molecule has 0 radical (unpaired) electrons. The number of aliphatic hydroxyl groups excluding tert-OH is 5. The average Bonchev–Trinajstić information content (AvgIpc) is 3.33. The molecular weight excluding hydrogens is 859 g/mol. The zero-order valence-corrected chi connectivity index (χ0v) is 42.7. The zero-order chi connectivity index (χ0) is 49.7. The lowest BCUT2D eigenvalue weighted by molar-refractivity contribution is -0.305. The van der Waals surface area contributed by atoms with Gasteiger partial charge in [-0.25, -0.2) is 0 Å². The Hall–Kier alpha value is -3.16. The molecule has 11 heteroatoms. The number of hydrogen-bond acceptors (Lipinski definition) is 10. The normalized spacial score (nSPS) is 20.6. The van der Waals surface area contributed by atoms with E-state index in [-0.39, 0.29) is 19.4 Å². The van der Waals surface area contributed by atoms with Crippen LogP contribution in [-0.4, -0.2) is 99.6 Å². The maximum atomic E-state index is 13.3. The summed E-state index contributed by atoms with van der Waals surface area (Å²) in [5, 5.41) is 56.6. The first kappa shape index (κ1) is 62.9. The summed E-state index contributed by atoms with van der Waals surface area (Å²) < 4.78 is 17.5. The number of ether oxygens (including phenoxy) is 3. The molecule has 1 heterocycles. The number of rotatable bonds is 43. The fourth-order valence-electron chi connectivity index (χ4n) is 7.83. The standard InChI is InChI=1S/C57H97NO10/c1-4-7-10-13-16-19-22-25-26-27-30-33-36-39-42-45-52(62)68-55-54(64)53(63)51(46-59)67-57(55)66-47-48(49(60)43-40-37-34-31-28-23-20-17-14-11-8-5-2)58-56(65)50(61)44-41-38-35-32-29-24-21-18-15-12-9-6-3/h9,12,15-16,18-19,21-22,24-25,29,32,40,43,48-51,53-55,57,59-61,63-64H,4-8,10-11,13-14,17,20,23,26-28,30-31,33-39,41-42,44-47H2,1-3H3,(H,58,65)/b12-9+,18-15+,19-16+,24-21-,25-22+,32-29-,43-40+. The lowest BCUT2D eigenvalue weighted by atomic mass is 9.99. The Kier molecular flexibility index (Phi) is 41.6. The van der Waals surface area contributed by atoms with Crippen LogP contribution in [0.15, 0.2) is 85.1 Å². The van der Waals surface area contributed by atoms with Gasteiger partial charge in [-0.3, -0.25) is 9.59 Å². The lowest BCUT2D eigenvalue weighted by Crippen LogP contribution is -2.61. The summed E-state index contributed by atoms with van der Waals surface area (Å²) in [5.74, 6) is -1.26. The van der Waals surface area contributed by atoms with E-state index in [0.29, 0.717) is 12.8 Å². The summed E-state index contributed by atoms with van der Waals surface area (Å²) in [6.07, 6.45) is 46.3. The van der Waals surface area contributed by atoms with E-state index in [0.717, 1.165) is 89.9 Å². The van der Waals surface area contributed by atoms with Crippen molar-refractivity contribution >= 4 is 11.9 Å². The first-order chi connectivity index (χ1) is 33.2. The Bertz CT molecular complexity index is 1420. The van der Waals surface area contributed by atoms with Crippen LogP contribution in [0.1, 0.15) is 201 Å². The van der Waals surface area contributed by atoms with E-state index in [4.69, 9.17) is 14.2 Å². The van der Waals surface area contributed by atoms with E-state index in [2.05, 4.69) is 56.5 Å². The van der Waals surface area contributed by atoms with Crippen molar-refractivity contribution in [2.24, 2.45) is 0 Å². The van der Waals surface area contributed by atoms with Crippen LogP contribution in [0.3, 0.4) is 0 Å². The second-order valence-corrected chi connectivity index (χ2v) is 18.3. The van der Waals surface area contributed by atoms with Crippen molar-refractivity contribution < 1.29 is 49.3 Å². The van der Waals surface area contributed by atoms with Crippen LogP contribution in [-0.2, 0) is 23.8 Å². The molecule has 1 rings (SSSR count). The van der Waals surface area contributed by atoms with E-state index >= 15 is 0 Å². The summed E-state index contributed by atoms with van der Waals surface area (Å²) in [5.41, 5.74) is 0. The topological polar surface area (TPSA) is 175 Å². The molecule has 0 aromatic heterocycles. The van der Waals surface area contributed by atoms with Crippen LogP contribution >= 0.6 is 0 Å². The fourth-order valence-corrected chi connectivity index (χ4v) is 7.83. The van der Waals surface area contributed by atoms with Crippen LogP contribution in [0.5, 0.6) is 0 Å². The van der Waals surface area contributed by atoms with Crippen molar-refractivity contribution in [2.45, 2.75) is 250 Å². The number of amides is 1. The molecule has 1 fully saturated rings. The van der Waals surface area contributed by atoms with Gasteiger partial charge < -0.3 is 45.1 Å². The highest BCUT2D eigenvalue weighted by Crippen LogP contribution is 2.26. The van der Waals surface area contributed by atoms with Gasteiger partial charge in [-0.1, -0.05) is 209 Å². The Morgan fingerprint density at radius 2 is 1.06 bits per heavy atom. The summed E-state index contributed by atoms with van der Waals surface area (Å²) in [7, 11) is 0. The Labute approximate surface area is 413 Å². The highest BCUT2D eigenvalue weighted by Gasteiger charge is 2.47. The minimum Gasteiger partial charge on any atom is -0.454 e. The number of esters is 1. The predicted octanol–water partition coefficient (Wildman–Crippen LogP) is 11.4. The van der Waals surface area contributed by atoms with E-state index in [1.54, 1.807) is 6.08 Å². The fraction of sp³-hybridized carbons (Fsp3) is 0.719. The Morgan fingerprint density at radius 1 is 0.588 bits per heavy atom. The highest BCUT2D eigenvalue weighted by atomic mass is 16.7. The van der Waals surface area contributed by atoms with Gasteiger partial charge in [-0.15, -0.1) is 0 Å². The maximum absolute atomic E-state index is 13.3. The van der Waals surface area contributed by atoms with Crippen LogP contribution in [0, 0.1) is 0 Å². The molecule has 8 atom stereocenters. The number of unbranched alkanes of at least 4 members (excludes halogenated alkanes) is 21. The van der Waals surface area contributed by atoms with Gasteiger partial charge in [0.15, 0.2) is 12.4 Å². The molecule has 8 unspecified atom stereocenters. The van der Waals surface area contributed by atoms with E-state index < -0.39 is 67.4 Å². The second-order valence-electron chi connectivity index (χ2n) is 18.3. The summed E-state index contributed by atoms with van der Waals surface area (Å²) in [6, 6.07) is -1.05. The van der Waals surface area contributed by atoms with Crippen molar-refractivity contribution in [3.05, 3.63) is 85.1 Å². The quantitative estimate of drug-likeness (QED) is 0.0149. The zero-order valence-electron chi connectivity index (χ0n) is 42.7. The number of carbonyl (C=O) groups is 2. The van der Waals surface area contributed by atoms with Crippen molar-refractivity contribution in [3.8, 4) is 0 Å². The monoisotopic (exact) mass is 956 g/mol. The molecule has 1 aliphatic heterocycles. The molecule has 1 aliphatic rings. The van der Waals surface area contributed by atoms with E-state index in [9.17, 15) is 35.1 Å². The molecule has 1 amide bonds. The third kappa shape index (κ3) is 33.4. The third-order valence-corrected chi connectivity index (χ3v) is 12.2. The summed E-state index contributed by atoms with van der Waals surface area (Å²) in [4.78, 5) is 26.4.